The molecule has 3 aliphatic carbocycles. The average molecular weight is 598 g/mol. The Kier molecular flexibility index (Phi) is 8.41. The van der Waals surface area contributed by atoms with Crippen molar-refractivity contribution in [2.75, 3.05) is 11.3 Å². The zero-order chi connectivity index (χ0) is 29.6. The Labute approximate surface area is 231 Å². The lowest BCUT2D eigenvalue weighted by Crippen LogP contribution is -2.56. The summed E-state index contributed by atoms with van der Waals surface area (Å²) in [6.45, 7) is 6.23. The van der Waals surface area contributed by atoms with E-state index in [1.807, 2.05) is 6.07 Å². The number of benzene rings is 1. The van der Waals surface area contributed by atoms with Crippen LogP contribution in [-0.2, 0) is 20.9 Å². The number of nitrogens with one attached hydrogen (secondary N) is 1. The highest BCUT2D eigenvalue weighted by Crippen LogP contribution is 2.67. The number of rotatable bonds is 10. The topological polar surface area (TPSA) is 75.6 Å². The molecule has 5 nitrogen and oxygen atoms in total. The largest absolute Gasteiger partial charge is 0.426 e. The summed E-state index contributed by atoms with van der Waals surface area (Å²) in [5, 5.41) is 9.17. The molecular weight excluding hydrogens is 560 g/mol. The van der Waals surface area contributed by atoms with Crippen LogP contribution < -0.4 is 4.72 Å². The van der Waals surface area contributed by atoms with Crippen LogP contribution in [0.1, 0.15) is 88.2 Å². The normalized spacial score (nSPS) is 28.9. The summed E-state index contributed by atoms with van der Waals surface area (Å²) in [7, 11) is -4.26. The van der Waals surface area contributed by atoms with E-state index in [2.05, 4.69) is 24.3 Å². The number of fused-ring (bicyclic) bond motifs is 5. The van der Waals surface area contributed by atoms with Crippen molar-refractivity contribution < 1.29 is 44.0 Å². The number of aliphatic hydroxyl groups is 1. The van der Waals surface area contributed by atoms with E-state index in [1.54, 1.807) is 12.1 Å². The SMILES string of the molecule is C=C[C@@]12CCc3cc(NS(=O)(=O)OCCCCCC(O)(C(F)(F)F)C(F)(F)F)ccc3[C@H]1CC[C@@]1(C)CCC[C@H]12. The molecule has 226 valence electrons. The lowest BCUT2D eigenvalue weighted by Gasteiger charge is -2.56. The molecule has 2 fully saturated rings. The fraction of sp³-hybridized carbons (Fsp3) is 0.714. The summed E-state index contributed by atoms with van der Waals surface area (Å²) in [4.78, 5) is 0. The standard InChI is InChI=1S/C28H37F6NO4S/c1-3-25-16-11-19-18-20(9-10-21(19)22(25)12-15-24(2)13-7-8-23(24)25)35-40(37,38)39-17-6-4-5-14-26(36,27(29,30)31)28(32,33)34/h3,9-10,18,22-23,35-36H,1,4-8,11-17H2,2H3/t22-,23-,24-,25-/m1/s1. The highest BCUT2D eigenvalue weighted by Gasteiger charge is 2.69. The third-order valence-electron chi connectivity index (χ3n) is 9.71. The van der Waals surface area contributed by atoms with Gasteiger partial charge in [0.2, 0.25) is 0 Å². The van der Waals surface area contributed by atoms with E-state index in [0.717, 1.165) is 31.2 Å². The molecule has 3 aliphatic rings. The van der Waals surface area contributed by atoms with Crippen molar-refractivity contribution in [1.29, 1.82) is 0 Å². The van der Waals surface area contributed by atoms with E-state index in [9.17, 15) is 34.8 Å². The third kappa shape index (κ3) is 5.64. The van der Waals surface area contributed by atoms with Crippen molar-refractivity contribution in [1.82, 2.24) is 0 Å². The van der Waals surface area contributed by atoms with Gasteiger partial charge in [0, 0.05) is 0 Å². The van der Waals surface area contributed by atoms with Gasteiger partial charge in [-0.05, 0) is 104 Å². The minimum absolute atomic E-state index is 0.0382. The zero-order valence-electron chi connectivity index (χ0n) is 22.5. The molecule has 1 aromatic carbocycles. The van der Waals surface area contributed by atoms with Gasteiger partial charge in [-0.15, -0.1) is 6.58 Å². The van der Waals surface area contributed by atoms with Gasteiger partial charge in [0.1, 0.15) is 0 Å². The molecule has 12 heteroatoms. The molecule has 0 amide bonds. The highest BCUT2D eigenvalue weighted by molar-refractivity contribution is 7.88. The first kappa shape index (κ1) is 31.2. The van der Waals surface area contributed by atoms with Gasteiger partial charge in [0.25, 0.3) is 5.60 Å². The lowest BCUT2D eigenvalue weighted by atomic mass is 9.47. The van der Waals surface area contributed by atoms with E-state index in [1.165, 1.54) is 24.8 Å². The Balaban J connectivity index is 1.32. The van der Waals surface area contributed by atoms with Gasteiger partial charge in [-0.25, -0.2) is 0 Å². The van der Waals surface area contributed by atoms with Crippen molar-refractivity contribution in [3.05, 3.63) is 42.0 Å². The monoisotopic (exact) mass is 597 g/mol. The Bertz CT molecular complexity index is 1190. The molecule has 0 aliphatic heterocycles. The van der Waals surface area contributed by atoms with Crippen molar-refractivity contribution in [2.24, 2.45) is 16.7 Å². The van der Waals surface area contributed by atoms with E-state index in [-0.39, 0.29) is 18.3 Å². The Morgan fingerprint density at radius 1 is 1.07 bits per heavy atom. The summed E-state index contributed by atoms with van der Waals surface area (Å²) < 4.78 is 109. The Morgan fingerprint density at radius 2 is 1.77 bits per heavy atom. The Hall–Kier alpha value is -1.79. The van der Waals surface area contributed by atoms with Gasteiger partial charge < -0.3 is 5.11 Å². The van der Waals surface area contributed by atoms with Crippen molar-refractivity contribution >= 4 is 16.0 Å². The molecule has 0 saturated heterocycles. The van der Waals surface area contributed by atoms with Gasteiger partial charge in [0.15, 0.2) is 0 Å². The molecular formula is C28H37F6NO4S. The van der Waals surface area contributed by atoms with Gasteiger partial charge in [-0.1, -0.05) is 31.9 Å². The third-order valence-corrected chi connectivity index (χ3v) is 10.7. The maximum atomic E-state index is 12.7. The van der Waals surface area contributed by atoms with E-state index >= 15 is 0 Å². The fourth-order valence-corrected chi connectivity index (χ4v) is 8.45. The summed E-state index contributed by atoms with van der Waals surface area (Å²) in [5.41, 5.74) is -1.80. The Morgan fingerprint density at radius 3 is 2.42 bits per heavy atom. The maximum absolute atomic E-state index is 12.7. The molecule has 2 N–H and O–H groups in total. The van der Waals surface area contributed by atoms with Gasteiger partial charge in [-0.3, -0.25) is 8.91 Å². The van der Waals surface area contributed by atoms with Crippen LogP contribution in [0.15, 0.2) is 30.9 Å². The van der Waals surface area contributed by atoms with Crippen molar-refractivity contribution in [3.63, 3.8) is 0 Å². The van der Waals surface area contributed by atoms with Gasteiger partial charge in [0.05, 0.1) is 12.3 Å². The van der Waals surface area contributed by atoms with Crippen LogP contribution in [0.3, 0.4) is 0 Å². The molecule has 0 unspecified atom stereocenters. The first-order chi connectivity index (χ1) is 18.5. The summed E-state index contributed by atoms with van der Waals surface area (Å²) in [6, 6.07) is 5.46. The number of unbranched alkanes of at least 4 members (excludes halogenated alkanes) is 2. The number of anilines is 1. The molecule has 0 spiro atoms. The van der Waals surface area contributed by atoms with Crippen LogP contribution in [0.2, 0.25) is 0 Å². The van der Waals surface area contributed by atoms with E-state index < -0.39 is 47.7 Å². The molecule has 4 rings (SSSR count). The molecule has 0 radical (unpaired) electrons. The van der Waals surface area contributed by atoms with Gasteiger partial charge in [-0.2, -0.15) is 34.8 Å². The van der Waals surface area contributed by atoms with Crippen LogP contribution in [0.5, 0.6) is 0 Å². The van der Waals surface area contributed by atoms with E-state index in [0.29, 0.717) is 22.9 Å². The summed E-state index contributed by atoms with van der Waals surface area (Å²) >= 11 is 0. The summed E-state index contributed by atoms with van der Waals surface area (Å²) in [5.74, 6) is 0.922. The molecule has 40 heavy (non-hydrogen) atoms. The number of allylic oxidation sites excluding steroid dienone is 1. The number of aryl methyl sites for hydroxylation is 1. The first-order valence-electron chi connectivity index (χ1n) is 13.8. The maximum Gasteiger partial charge on any atom is 0.426 e. The quantitative estimate of drug-likeness (QED) is 0.166. The molecule has 4 atom stereocenters. The second kappa shape index (κ2) is 10.8. The lowest BCUT2D eigenvalue weighted by molar-refractivity contribution is -0.370. The minimum Gasteiger partial charge on any atom is -0.374 e. The molecule has 0 aromatic heterocycles. The highest BCUT2D eigenvalue weighted by atomic mass is 32.2. The number of hydrogen-bond donors (Lipinski definition) is 2. The molecule has 0 heterocycles. The average Bonchev–Trinajstić information content (AvgIpc) is 3.26. The van der Waals surface area contributed by atoms with Crippen LogP contribution in [0, 0.1) is 16.7 Å². The predicted molar refractivity (Wildman–Crippen MR) is 139 cm³/mol. The van der Waals surface area contributed by atoms with Crippen LogP contribution >= 0.6 is 0 Å². The van der Waals surface area contributed by atoms with E-state index in [4.69, 9.17) is 9.29 Å². The minimum atomic E-state index is -5.87. The van der Waals surface area contributed by atoms with Crippen LogP contribution in [0.4, 0.5) is 32.0 Å². The number of alkyl halides is 6. The molecule has 2 saturated carbocycles. The second-order valence-corrected chi connectivity index (χ2v) is 13.3. The van der Waals surface area contributed by atoms with Crippen molar-refractivity contribution in [3.8, 4) is 0 Å². The van der Waals surface area contributed by atoms with Crippen LogP contribution in [0.25, 0.3) is 0 Å². The molecule has 0 bridgehead atoms. The number of hydrogen-bond acceptors (Lipinski definition) is 4. The first-order valence-corrected chi connectivity index (χ1v) is 15.2. The summed E-state index contributed by atoms with van der Waals surface area (Å²) in [6.07, 6.45) is -4.42. The second-order valence-electron chi connectivity index (χ2n) is 12.0. The fourth-order valence-electron chi connectivity index (χ4n) is 7.64. The zero-order valence-corrected chi connectivity index (χ0v) is 23.3. The predicted octanol–water partition coefficient (Wildman–Crippen LogP) is 7.58. The molecule has 1 aromatic rings. The smallest absolute Gasteiger partial charge is 0.374 e. The van der Waals surface area contributed by atoms with Crippen molar-refractivity contribution in [2.45, 2.75) is 101 Å². The number of halogens is 6. The van der Waals surface area contributed by atoms with Crippen LogP contribution in [-0.4, -0.2) is 38.1 Å². The van der Waals surface area contributed by atoms with Gasteiger partial charge >= 0.3 is 22.7 Å².